The molecule has 3 atom stereocenters. The maximum absolute atomic E-state index is 6.02. The van der Waals surface area contributed by atoms with Gasteiger partial charge in [-0.05, 0) is 57.9 Å². The number of nitrogens with one attached hydrogen (secondary N) is 2. The molecule has 1 aromatic rings. The van der Waals surface area contributed by atoms with Crippen molar-refractivity contribution >= 4 is 29.9 Å². The molecule has 2 saturated heterocycles. The summed E-state index contributed by atoms with van der Waals surface area (Å²) in [5, 5.41) is 6.74. The van der Waals surface area contributed by atoms with Crippen LogP contribution in [0.1, 0.15) is 32.3 Å². The molecule has 2 heterocycles. The highest BCUT2D eigenvalue weighted by Crippen LogP contribution is 2.22. The molecule has 6 nitrogen and oxygen atoms in total. The van der Waals surface area contributed by atoms with Gasteiger partial charge in [0.2, 0.25) is 0 Å². The number of aryl methyl sites for hydroxylation is 1. The first kappa shape index (κ1) is 23.2. The normalized spacial score (nSPS) is 23.5. The molecule has 0 amide bonds. The molecule has 2 N–H and O–H groups in total. The van der Waals surface area contributed by atoms with Crippen molar-refractivity contribution < 1.29 is 9.47 Å². The number of hydrogen-bond acceptors (Lipinski definition) is 4. The second kappa shape index (κ2) is 11.8. The molecule has 0 saturated carbocycles. The monoisotopic (exact) mass is 502 g/mol. The lowest BCUT2D eigenvalue weighted by Gasteiger charge is -2.35. The van der Waals surface area contributed by atoms with Crippen molar-refractivity contribution in [1.29, 1.82) is 0 Å². The van der Waals surface area contributed by atoms with Gasteiger partial charge >= 0.3 is 0 Å². The molecule has 2 aliphatic heterocycles. The predicted octanol–water partition coefficient (Wildman–Crippen LogP) is 2.80. The summed E-state index contributed by atoms with van der Waals surface area (Å²) in [7, 11) is 0. The summed E-state index contributed by atoms with van der Waals surface area (Å²) >= 11 is 0. The van der Waals surface area contributed by atoms with Gasteiger partial charge in [0.15, 0.2) is 5.96 Å². The summed E-state index contributed by atoms with van der Waals surface area (Å²) in [6, 6.07) is 8.77. The Kier molecular flexibility index (Phi) is 9.81. The van der Waals surface area contributed by atoms with Crippen LogP contribution in [0.15, 0.2) is 29.3 Å². The Balaban J connectivity index is 0.00000280. The number of aliphatic imine (C=N–C) groups is 1. The van der Waals surface area contributed by atoms with E-state index in [2.05, 4.69) is 46.5 Å². The zero-order valence-corrected chi connectivity index (χ0v) is 19.6. The number of fused-ring (bicyclic) bond motifs is 1. The third-order valence-electron chi connectivity index (χ3n) is 5.14. The Bertz CT molecular complexity index is 628. The molecule has 0 bridgehead atoms. The average Bonchev–Trinajstić information content (AvgIpc) is 3.12. The van der Waals surface area contributed by atoms with Crippen molar-refractivity contribution in [3.8, 4) is 5.75 Å². The molecule has 2 fully saturated rings. The number of halogens is 1. The zero-order chi connectivity index (χ0) is 19.1. The van der Waals surface area contributed by atoms with Crippen LogP contribution < -0.4 is 15.4 Å². The quantitative estimate of drug-likeness (QED) is 0.341. The maximum Gasteiger partial charge on any atom is 0.191 e. The van der Waals surface area contributed by atoms with Crippen LogP contribution in [0.3, 0.4) is 0 Å². The Hall–Kier alpha value is -1.06. The standard InChI is InChI=1S/C21H34N4O2.HI/c1-4-22-21(23-12-17(3)27-19-9-5-7-16(2)11-19)24-13-20-14-25-10-6-8-18(25)15-26-20;/h5,7,9,11,17-18,20H,4,6,8,10,12-15H2,1-3H3,(H2,22,23,24);1H. The van der Waals surface area contributed by atoms with E-state index in [0.29, 0.717) is 12.6 Å². The van der Waals surface area contributed by atoms with E-state index in [1.54, 1.807) is 0 Å². The lowest BCUT2D eigenvalue weighted by molar-refractivity contribution is -0.0453. The van der Waals surface area contributed by atoms with Crippen LogP contribution >= 0.6 is 24.0 Å². The van der Waals surface area contributed by atoms with E-state index in [1.807, 2.05) is 19.1 Å². The van der Waals surface area contributed by atoms with Gasteiger partial charge in [-0.3, -0.25) is 4.90 Å². The molecule has 0 radical (unpaired) electrons. The third-order valence-corrected chi connectivity index (χ3v) is 5.14. The van der Waals surface area contributed by atoms with Gasteiger partial charge in [-0.25, -0.2) is 4.99 Å². The van der Waals surface area contributed by atoms with E-state index in [9.17, 15) is 0 Å². The van der Waals surface area contributed by atoms with Gasteiger partial charge in [0.25, 0.3) is 0 Å². The SMILES string of the molecule is CCNC(=NCC(C)Oc1cccc(C)c1)NCC1CN2CCCC2CO1.I. The van der Waals surface area contributed by atoms with E-state index < -0.39 is 0 Å². The highest BCUT2D eigenvalue weighted by atomic mass is 127. The molecular formula is C21H35IN4O2. The van der Waals surface area contributed by atoms with Crippen LogP contribution in [-0.4, -0.2) is 68.4 Å². The lowest BCUT2D eigenvalue weighted by Crippen LogP contribution is -2.51. The summed E-state index contributed by atoms with van der Waals surface area (Å²) in [5.74, 6) is 1.72. The lowest BCUT2D eigenvalue weighted by atomic mass is 10.2. The second-order valence-corrected chi connectivity index (χ2v) is 7.59. The Morgan fingerprint density at radius 2 is 2.25 bits per heavy atom. The van der Waals surface area contributed by atoms with Gasteiger partial charge in [0, 0.05) is 25.7 Å². The first-order chi connectivity index (χ1) is 13.1. The molecule has 2 aliphatic rings. The number of hydrogen-bond donors (Lipinski definition) is 2. The molecular weight excluding hydrogens is 467 g/mol. The van der Waals surface area contributed by atoms with E-state index in [-0.39, 0.29) is 36.2 Å². The van der Waals surface area contributed by atoms with E-state index in [4.69, 9.17) is 9.47 Å². The second-order valence-electron chi connectivity index (χ2n) is 7.59. The molecule has 0 aliphatic carbocycles. The van der Waals surface area contributed by atoms with Crippen molar-refractivity contribution in [2.45, 2.75) is 51.9 Å². The molecule has 1 aromatic carbocycles. The van der Waals surface area contributed by atoms with Crippen LogP contribution in [0.25, 0.3) is 0 Å². The molecule has 28 heavy (non-hydrogen) atoms. The summed E-state index contributed by atoms with van der Waals surface area (Å²) in [6.07, 6.45) is 2.82. The van der Waals surface area contributed by atoms with Crippen molar-refractivity contribution in [1.82, 2.24) is 15.5 Å². The zero-order valence-electron chi connectivity index (χ0n) is 17.3. The molecule has 158 valence electrons. The number of benzene rings is 1. The first-order valence-electron chi connectivity index (χ1n) is 10.2. The highest BCUT2D eigenvalue weighted by molar-refractivity contribution is 14.0. The van der Waals surface area contributed by atoms with E-state index >= 15 is 0 Å². The van der Waals surface area contributed by atoms with Crippen LogP contribution in [0, 0.1) is 6.92 Å². The molecule has 0 aromatic heterocycles. The third kappa shape index (κ3) is 7.08. The minimum absolute atomic E-state index is 0. The van der Waals surface area contributed by atoms with Crippen molar-refractivity contribution in [2.75, 3.05) is 39.3 Å². The first-order valence-corrected chi connectivity index (χ1v) is 10.2. The number of nitrogens with zero attached hydrogens (tertiary/aromatic N) is 2. The predicted molar refractivity (Wildman–Crippen MR) is 125 cm³/mol. The van der Waals surface area contributed by atoms with Gasteiger partial charge in [-0.1, -0.05) is 12.1 Å². The van der Waals surface area contributed by atoms with Gasteiger partial charge in [0.1, 0.15) is 11.9 Å². The van der Waals surface area contributed by atoms with Crippen LogP contribution in [0.5, 0.6) is 5.75 Å². The van der Waals surface area contributed by atoms with Gasteiger partial charge in [-0.2, -0.15) is 0 Å². The van der Waals surface area contributed by atoms with Crippen LogP contribution in [0.4, 0.5) is 0 Å². The Morgan fingerprint density at radius 3 is 3.04 bits per heavy atom. The van der Waals surface area contributed by atoms with Crippen molar-refractivity contribution in [2.24, 2.45) is 4.99 Å². The van der Waals surface area contributed by atoms with Crippen LogP contribution in [0.2, 0.25) is 0 Å². The smallest absolute Gasteiger partial charge is 0.191 e. The minimum atomic E-state index is 0. The van der Waals surface area contributed by atoms with E-state index in [1.165, 1.54) is 24.9 Å². The Morgan fingerprint density at radius 1 is 1.39 bits per heavy atom. The molecule has 7 heteroatoms. The van der Waals surface area contributed by atoms with Gasteiger partial charge in [0.05, 0.1) is 19.3 Å². The fourth-order valence-electron chi connectivity index (χ4n) is 3.74. The fourth-order valence-corrected chi connectivity index (χ4v) is 3.74. The fraction of sp³-hybridized carbons (Fsp3) is 0.667. The summed E-state index contributed by atoms with van der Waals surface area (Å²) in [4.78, 5) is 7.25. The molecule has 0 spiro atoms. The topological polar surface area (TPSA) is 58.1 Å². The number of ether oxygens (including phenoxy) is 2. The number of guanidine groups is 1. The molecule has 3 unspecified atom stereocenters. The summed E-state index contributed by atoms with van der Waals surface area (Å²) in [6.45, 7) is 11.5. The molecule has 3 rings (SSSR count). The van der Waals surface area contributed by atoms with E-state index in [0.717, 1.165) is 38.0 Å². The summed E-state index contributed by atoms with van der Waals surface area (Å²) in [5.41, 5.74) is 1.20. The van der Waals surface area contributed by atoms with Crippen molar-refractivity contribution in [3.63, 3.8) is 0 Å². The minimum Gasteiger partial charge on any atom is -0.489 e. The maximum atomic E-state index is 6.02. The van der Waals surface area contributed by atoms with Crippen molar-refractivity contribution in [3.05, 3.63) is 29.8 Å². The van der Waals surface area contributed by atoms with Gasteiger partial charge in [-0.15, -0.1) is 24.0 Å². The number of morpholine rings is 1. The Labute approximate surface area is 186 Å². The van der Waals surface area contributed by atoms with Gasteiger partial charge < -0.3 is 20.1 Å². The largest absolute Gasteiger partial charge is 0.489 e. The number of rotatable bonds is 7. The highest BCUT2D eigenvalue weighted by Gasteiger charge is 2.32. The summed E-state index contributed by atoms with van der Waals surface area (Å²) < 4.78 is 12.0. The van der Waals surface area contributed by atoms with Crippen LogP contribution in [-0.2, 0) is 4.74 Å². The average molecular weight is 502 g/mol.